The molecule has 0 saturated heterocycles. The molecule has 0 radical (unpaired) electrons. The Morgan fingerprint density at radius 1 is 1.47 bits per heavy atom. The molecule has 0 heterocycles. The molecular weight excluding hydrogens is 238 g/mol. The van der Waals surface area contributed by atoms with Gasteiger partial charge in [0.15, 0.2) is 0 Å². The van der Waals surface area contributed by atoms with Gasteiger partial charge in [-0.2, -0.15) is 0 Å². The average Bonchev–Trinajstić information content (AvgIpc) is 2.21. The number of rotatable bonds is 4. The van der Waals surface area contributed by atoms with Crippen molar-refractivity contribution in [1.29, 1.82) is 0 Å². The third-order valence-electron chi connectivity index (χ3n) is 2.97. The van der Waals surface area contributed by atoms with Gasteiger partial charge in [0.05, 0.1) is 5.60 Å². The lowest BCUT2D eigenvalue weighted by atomic mass is 9.80. The summed E-state index contributed by atoms with van der Waals surface area (Å²) in [5.74, 6) is 0.620. The van der Waals surface area contributed by atoms with Gasteiger partial charge in [-0.25, -0.2) is 13.1 Å². The summed E-state index contributed by atoms with van der Waals surface area (Å²) in [5, 5.41) is 9.62. The maximum atomic E-state index is 11.1. The van der Waals surface area contributed by atoms with E-state index in [-0.39, 0.29) is 6.54 Å². The average molecular weight is 256 g/mol. The predicted molar refractivity (Wildman–Crippen MR) is 60.2 cm³/mol. The lowest BCUT2D eigenvalue weighted by molar-refractivity contribution is -0.00180. The van der Waals surface area contributed by atoms with Crippen molar-refractivity contribution >= 4 is 21.6 Å². The molecule has 90 valence electrons. The zero-order valence-corrected chi connectivity index (χ0v) is 10.4. The minimum absolute atomic E-state index is 0.0781. The predicted octanol–water partition coefficient (Wildman–Crippen LogP) is 1.04. The molecule has 0 aliphatic heterocycles. The van der Waals surface area contributed by atoms with Crippen LogP contribution in [0.3, 0.4) is 0 Å². The summed E-state index contributed by atoms with van der Waals surface area (Å²) in [4.78, 5) is 0. The second-order valence-electron chi connectivity index (χ2n) is 4.45. The molecule has 4 nitrogen and oxygen atoms in total. The van der Waals surface area contributed by atoms with Crippen molar-refractivity contribution in [3.63, 3.8) is 0 Å². The molecule has 0 aromatic rings. The van der Waals surface area contributed by atoms with Gasteiger partial charge in [-0.05, 0) is 31.6 Å². The minimum Gasteiger partial charge on any atom is -0.389 e. The molecule has 0 aromatic carbocycles. The first-order chi connectivity index (χ1) is 6.87. The summed E-state index contributed by atoms with van der Waals surface area (Å²) in [6, 6.07) is 0. The van der Waals surface area contributed by atoms with Gasteiger partial charge in [0, 0.05) is 6.54 Å². The van der Waals surface area contributed by atoms with Crippen LogP contribution in [0.25, 0.3) is 0 Å². The third-order valence-corrected chi connectivity index (χ3v) is 4.70. The SMILES string of the molecule is CC1CCC(O)(CNS(=O)(=O)CCl)CC1. The van der Waals surface area contributed by atoms with Crippen molar-refractivity contribution in [2.75, 3.05) is 11.8 Å². The number of halogens is 1. The van der Waals surface area contributed by atoms with Crippen LogP contribution >= 0.6 is 11.6 Å². The Morgan fingerprint density at radius 3 is 2.47 bits per heavy atom. The molecule has 0 aromatic heterocycles. The monoisotopic (exact) mass is 255 g/mol. The first kappa shape index (κ1) is 13.2. The van der Waals surface area contributed by atoms with Crippen molar-refractivity contribution in [1.82, 2.24) is 4.72 Å². The standard InChI is InChI=1S/C9H18ClNO3S/c1-8-2-4-9(12,5-3-8)6-11-15(13,14)7-10/h8,11-12H,2-7H2,1H3. The van der Waals surface area contributed by atoms with E-state index >= 15 is 0 Å². The van der Waals surface area contributed by atoms with Crippen LogP contribution in [0.4, 0.5) is 0 Å². The van der Waals surface area contributed by atoms with Gasteiger partial charge >= 0.3 is 0 Å². The summed E-state index contributed by atoms with van der Waals surface area (Å²) in [5.41, 5.74) is -0.883. The fourth-order valence-electron chi connectivity index (χ4n) is 1.76. The smallest absolute Gasteiger partial charge is 0.225 e. The molecule has 6 heteroatoms. The fraction of sp³-hybridized carbons (Fsp3) is 1.00. The van der Waals surface area contributed by atoms with E-state index in [1.54, 1.807) is 0 Å². The highest BCUT2D eigenvalue weighted by molar-refractivity contribution is 7.90. The Kier molecular flexibility index (Phi) is 4.40. The fourth-order valence-corrected chi connectivity index (χ4v) is 2.56. The van der Waals surface area contributed by atoms with Crippen molar-refractivity contribution in [2.24, 2.45) is 5.92 Å². The largest absolute Gasteiger partial charge is 0.389 e. The van der Waals surface area contributed by atoms with E-state index in [2.05, 4.69) is 11.6 Å². The minimum atomic E-state index is -3.42. The summed E-state index contributed by atoms with van der Waals surface area (Å²) < 4.78 is 24.5. The van der Waals surface area contributed by atoms with E-state index in [0.717, 1.165) is 12.8 Å². The van der Waals surface area contributed by atoms with E-state index in [9.17, 15) is 13.5 Å². The number of nitrogens with one attached hydrogen (secondary N) is 1. The lowest BCUT2D eigenvalue weighted by Crippen LogP contribution is -2.45. The van der Waals surface area contributed by atoms with E-state index in [1.165, 1.54) is 0 Å². The van der Waals surface area contributed by atoms with E-state index in [1.807, 2.05) is 0 Å². The molecule has 15 heavy (non-hydrogen) atoms. The summed E-state index contributed by atoms with van der Waals surface area (Å²) >= 11 is 5.25. The van der Waals surface area contributed by atoms with E-state index in [0.29, 0.717) is 18.8 Å². The Balaban J connectivity index is 2.44. The maximum Gasteiger partial charge on any atom is 0.225 e. The van der Waals surface area contributed by atoms with Crippen LogP contribution in [0.2, 0.25) is 0 Å². The zero-order chi connectivity index (χ0) is 11.5. The number of hydrogen-bond donors (Lipinski definition) is 2. The molecule has 0 unspecified atom stereocenters. The molecule has 1 aliphatic rings. The topological polar surface area (TPSA) is 66.4 Å². The van der Waals surface area contributed by atoms with Crippen molar-refractivity contribution < 1.29 is 13.5 Å². The Labute approximate surface area is 96.1 Å². The van der Waals surface area contributed by atoms with Gasteiger partial charge in [-0.3, -0.25) is 0 Å². The summed E-state index contributed by atoms with van der Waals surface area (Å²) in [6.45, 7) is 2.22. The highest BCUT2D eigenvalue weighted by Gasteiger charge is 2.32. The molecule has 1 aliphatic carbocycles. The van der Waals surface area contributed by atoms with Crippen LogP contribution < -0.4 is 4.72 Å². The molecule has 0 bridgehead atoms. The van der Waals surface area contributed by atoms with E-state index < -0.39 is 20.8 Å². The van der Waals surface area contributed by atoms with Crippen LogP contribution in [0, 0.1) is 5.92 Å². The van der Waals surface area contributed by atoms with Crippen molar-refractivity contribution in [2.45, 2.75) is 38.2 Å². The molecule has 1 rings (SSSR count). The number of alkyl halides is 1. The molecule has 1 fully saturated rings. The molecular formula is C9H18ClNO3S. The van der Waals surface area contributed by atoms with Crippen molar-refractivity contribution in [3.8, 4) is 0 Å². The lowest BCUT2D eigenvalue weighted by Gasteiger charge is -2.34. The molecule has 0 spiro atoms. The van der Waals surface area contributed by atoms with Crippen LogP contribution in [0.5, 0.6) is 0 Å². The third kappa shape index (κ3) is 4.26. The van der Waals surface area contributed by atoms with Gasteiger partial charge in [-0.1, -0.05) is 6.92 Å². The zero-order valence-electron chi connectivity index (χ0n) is 8.87. The highest BCUT2D eigenvalue weighted by atomic mass is 35.5. The van der Waals surface area contributed by atoms with Gasteiger partial charge in [0.25, 0.3) is 0 Å². The van der Waals surface area contributed by atoms with Crippen LogP contribution in [0.15, 0.2) is 0 Å². The number of hydrogen-bond acceptors (Lipinski definition) is 3. The normalized spacial score (nSPS) is 32.9. The first-order valence-corrected chi connectivity index (χ1v) is 7.31. The number of aliphatic hydroxyl groups is 1. The van der Waals surface area contributed by atoms with E-state index in [4.69, 9.17) is 11.6 Å². The summed E-state index contributed by atoms with van der Waals surface area (Å²) in [7, 11) is -3.42. The number of sulfonamides is 1. The van der Waals surface area contributed by atoms with Gasteiger partial charge in [0.1, 0.15) is 5.21 Å². The van der Waals surface area contributed by atoms with Gasteiger partial charge < -0.3 is 5.11 Å². The Hall–Kier alpha value is 0.160. The Morgan fingerprint density at radius 2 is 2.00 bits per heavy atom. The quantitative estimate of drug-likeness (QED) is 0.738. The second kappa shape index (κ2) is 4.99. The second-order valence-corrected chi connectivity index (χ2v) is 6.84. The first-order valence-electron chi connectivity index (χ1n) is 5.13. The molecule has 0 amide bonds. The van der Waals surface area contributed by atoms with Gasteiger partial charge in [0.2, 0.25) is 10.0 Å². The maximum absolute atomic E-state index is 11.1. The molecule has 0 atom stereocenters. The van der Waals surface area contributed by atoms with Crippen LogP contribution in [-0.2, 0) is 10.0 Å². The van der Waals surface area contributed by atoms with Gasteiger partial charge in [-0.15, -0.1) is 11.6 Å². The Bertz CT molecular complexity index is 296. The summed E-state index contributed by atoms with van der Waals surface area (Å²) in [6.07, 6.45) is 3.19. The van der Waals surface area contributed by atoms with Crippen LogP contribution in [0.1, 0.15) is 32.6 Å². The highest BCUT2D eigenvalue weighted by Crippen LogP contribution is 2.31. The van der Waals surface area contributed by atoms with Crippen LogP contribution in [-0.4, -0.2) is 30.9 Å². The molecule has 2 N–H and O–H groups in total. The molecule has 1 saturated carbocycles. The van der Waals surface area contributed by atoms with Crippen molar-refractivity contribution in [3.05, 3.63) is 0 Å².